The van der Waals surface area contributed by atoms with Gasteiger partial charge in [-0.1, -0.05) is 23.2 Å². The van der Waals surface area contributed by atoms with Crippen molar-refractivity contribution in [2.45, 2.75) is 0 Å². The molecule has 0 unspecified atom stereocenters. The average molecular weight is 285 g/mol. The predicted octanol–water partition coefficient (Wildman–Crippen LogP) is 2.94. The molecule has 1 aromatic rings. The van der Waals surface area contributed by atoms with E-state index < -0.39 is 5.97 Å². The molecule has 0 saturated heterocycles. The number of nitrogens with zero attached hydrogens (tertiary/aromatic N) is 1. The number of aromatic nitrogens is 1. The Morgan fingerprint density at radius 2 is 2.23 bits per heavy atom. The van der Waals surface area contributed by atoms with Gasteiger partial charge in [-0.25, -0.2) is 9.78 Å². The Hall–Kier alpha value is -0.320. The molecular formula is C7H4BrCl2NO2. The first kappa shape index (κ1) is 10.8. The number of methoxy groups -OCH3 is 1. The van der Waals surface area contributed by atoms with Crippen LogP contribution in [0.3, 0.4) is 0 Å². The maximum absolute atomic E-state index is 11.1. The lowest BCUT2D eigenvalue weighted by Crippen LogP contribution is -2.05. The first-order valence-electron chi connectivity index (χ1n) is 3.15. The van der Waals surface area contributed by atoms with E-state index >= 15 is 0 Å². The number of pyridine rings is 1. The molecule has 70 valence electrons. The number of hydrogen-bond acceptors (Lipinski definition) is 3. The van der Waals surface area contributed by atoms with Crippen molar-refractivity contribution in [1.29, 1.82) is 0 Å². The number of carbonyl (C=O) groups excluding carboxylic acids is 1. The second-order valence-electron chi connectivity index (χ2n) is 2.07. The van der Waals surface area contributed by atoms with Gasteiger partial charge in [0.25, 0.3) is 0 Å². The molecule has 0 aliphatic rings. The van der Waals surface area contributed by atoms with E-state index in [0.29, 0.717) is 9.50 Å². The lowest BCUT2D eigenvalue weighted by atomic mass is 10.3. The Labute approximate surface area is 93.1 Å². The number of hydrogen-bond donors (Lipinski definition) is 0. The molecule has 0 saturated carbocycles. The molecule has 6 heteroatoms. The fraction of sp³-hybridized carbons (Fsp3) is 0.143. The summed E-state index contributed by atoms with van der Waals surface area (Å²) in [5, 5.41) is 0.497. The zero-order valence-electron chi connectivity index (χ0n) is 6.47. The molecule has 0 radical (unpaired) electrons. The molecule has 1 rings (SSSR count). The third-order valence-corrected chi connectivity index (χ3v) is 3.23. The zero-order valence-corrected chi connectivity index (χ0v) is 9.57. The van der Waals surface area contributed by atoms with E-state index in [2.05, 4.69) is 25.7 Å². The van der Waals surface area contributed by atoms with Gasteiger partial charge in [-0.3, -0.25) is 0 Å². The summed E-state index contributed by atoms with van der Waals surface area (Å²) in [6.45, 7) is 0. The molecule has 0 amide bonds. The van der Waals surface area contributed by atoms with Gasteiger partial charge >= 0.3 is 5.97 Å². The SMILES string of the molecule is COC(=O)c1ncc(Cl)c(Br)c1Cl. The van der Waals surface area contributed by atoms with E-state index in [4.69, 9.17) is 23.2 Å². The fourth-order valence-corrected chi connectivity index (χ4v) is 1.39. The Morgan fingerprint density at radius 1 is 1.62 bits per heavy atom. The van der Waals surface area contributed by atoms with E-state index in [-0.39, 0.29) is 10.7 Å². The van der Waals surface area contributed by atoms with Crippen LogP contribution in [0, 0.1) is 0 Å². The summed E-state index contributed by atoms with van der Waals surface area (Å²) in [6.07, 6.45) is 1.32. The smallest absolute Gasteiger partial charge is 0.358 e. The van der Waals surface area contributed by atoms with E-state index in [1.165, 1.54) is 13.3 Å². The van der Waals surface area contributed by atoms with Crippen molar-refractivity contribution in [2.75, 3.05) is 7.11 Å². The van der Waals surface area contributed by atoms with Gasteiger partial charge in [0.05, 0.1) is 21.6 Å². The molecule has 3 nitrogen and oxygen atoms in total. The number of rotatable bonds is 1. The van der Waals surface area contributed by atoms with Gasteiger partial charge in [0.1, 0.15) is 0 Å². The van der Waals surface area contributed by atoms with Gasteiger partial charge in [-0.05, 0) is 15.9 Å². The summed E-state index contributed by atoms with van der Waals surface area (Å²) in [4.78, 5) is 14.8. The van der Waals surface area contributed by atoms with E-state index in [1.54, 1.807) is 0 Å². The third-order valence-electron chi connectivity index (χ3n) is 1.30. The average Bonchev–Trinajstić information content (AvgIpc) is 2.13. The molecule has 0 spiro atoms. The number of carbonyl (C=O) groups is 1. The van der Waals surface area contributed by atoms with Gasteiger partial charge < -0.3 is 4.74 Å². The molecule has 1 heterocycles. The van der Waals surface area contributed by atoms with Gasteiger partial charge in [0, 0.05) is 6.20 Å². The van der Waals surface area contributed by atoms with Crippen molar-refractivity contribution in [3.8, 4) is 0 Å². The summed E-state index contributed by atoms with van der Waals surface area (Å²) in [7, 11) is 1.25. The molecule has 0 fully saturated rings. The molecule has 0 aromatic carbocycles. The Kier molecular flexibility index (Phi) is 3.53. The van der Waals surface area contributed by atoms with Crippen LogP contribution in [0.15, 0.2) is 10.7 Å². The van der Waals surface area contributed by atoms with E-state index in [0.717, 1.165) is 0 Å². The quantitative estimate of drug-likeness (QED) is 0.745. The van der Waals surface area contributed by atoms with Gasteiger partial charge in [-0.2, -0.15) is 0 Å². The highest BCUT2D eigenvalue weighted by molar-refractivity contribution is 9.10. The maximum atomic E-state index is 11.1. The molecule has 1 aromatic heterocycles. The minimum atomic E-state index is -0.595. The molecule has 0 N–H and O–H groups in total. The lowest BCUT2D eigenvalue weighted by Gasteiger charge is -2.03. The zero-order chi connectivity index (χ0) is 10.0. The van der Waals surface area contributed by atoms with Gasteiger partial charge in [0.15, 0.2) is 5.69 Å². The largest absolute Gasteiger partial charge is 0.464 e. The summed E-state index contributed by atoms with van der Waals surface area (Å²) in [5.41, 5.74) is 0.0421. The Balaban J connectivity index is 3.26. The minimum absolute atomic E-state index is 0.0421. The standard InChI is InChI=1S/C7H4BrCl2NO2/c1-13-7(12)6-5(10)4(8)3(9)2-11-6/h2H,1H3. The maximum Gasteiger partial charge on any atom is 0.358 e. The molecule has 13 heavy (non-hydrogen) atoms. The lowest BCUT2D eigenvalue weighted by molar-refractivity contribution is 0.0594. The first-order chi connectivity index (χ1) is 6.07. The molecule has 0 aliphatic carbocycles. The summed E-state index contributed by atoms with van der Waals surface area (Å²) >= 11 is 14.6. The second-order valence-corrected chi connectivity index (χ2v) is 3.65. The number of halogens is 3. The normalized spacial score (nSPS) is 9.85. The first-order valence-corrected chi connectivity index (χ1v) is 4.70. The summed E-state index contributed by atoms with van der Waals surface area (Å²) in [5.74, 6) is -0.595. The summed E-state index contributed by atoms with van der Waals surface area (Å²) in [6, 6.07) is 0. The van der Waals surface area contributed by atoms with Crippen LogP contribution in [0.4, 0.5) is 0 Å². The van der Waals surface area contributed by atoms with Crippen LogP contribution < -0.4 is 0 Å². The third kappa shape index (κ3) is 2.13. The van der Waals surface area contributed by atoms with Gasteiger partial charge in [-0.15, -0.1) is 0 Å². The van der Waals surface area contributed by atoms with Crippen molar-refractivity contribution >= 4 is 45.1 Å². The van der Waals surface area contributed by atoms with Crippen molar-refractivity contribution in [2.24, 2.45) is 0 Å². The van der Waals surface area contributed by atoms with Crippen LogP contribution in [0.1, 0.15) is 10.5 Å². The molecule has 0 atom stereocenters. The van der Waals surface area contributed by atoms with Crippen molar-refractivity contribution in [3.05, 3.63) is 26.4 Å². The predicted molar refractivity (Wildman–Crippen MR) is 53.3 cm³/mol. The molecule has 0 aliphatic heterocycles. The summed E-state index contributed by atoms with van der Waals surface area (Å²) < 4.78 is 4.90. The van der Waals surface area contributed by atoms with Gasteiger partial charge in [0.2, 0.25) is 0 Å². The fourth-order valence-electron chi connectivity index (χ4n) is 0.682. The highest BCUT2D eigenvalue weighted by Gasteiger charge is 2.16. The second kappa shape index (κ2) is 4.26. The topological polar surface area (TPSA) is 39.2 Å². The van der Waals surface area contributed by atoms with Crippen LogP contribution in [-0.2, 0) is 4.74 Å². The molecule has 0 bridgehead atoms. The molecular weight excluding hydrogens is 281 g/mol. The number of esters is 1. The highest BCUT2D eigenvalue weighted by atomic mass is 79.9. The van der Waals surface area contributed by atoms with Crippen LogP contribution in [0.5, 0.6) is 0 Å². The van der Waals surface area contributed by atoms with Crippen LogP contribution >= 0.6 is 39.1 Å². The van der Waals surface area contributed by atoms with Crippen molar-refractivity contribution in [3.63, 3.8) is 0 Å². The minimum Gasteiger partial charge on any atom is -0.464 e. The monoisotopic (exact) mass is 283 g/mol. The Morgan fingerprint density at radius 3 is 2.77 bits per heavy atom. The number of ether oxygens (including phenoxy) is 1. The van der Waals surface area contributed by atoms with Crippen LogP contribution in [-0.4, -0.2) is 18.1 Å². The van der Waals surface area contributed by atoms with Crippen LogP contribution in [0.25, 0.3) is 0 Å². The highest BCUT2D eigenvalue weighted by Crippen LogP contribution is 2.31. The van der Waals surface area contributed by atoms with Crippen LogP contribution in [0.2, 0.25) is 10.0 Å². The van der Waals surface area contributed by atoms with Crippen molar-refractivity contribution < 1.29 is 9.53 Å². The van der Waals surface area contributed by atoms with E-state index in [9.17, 15) is 4.79 Å². The Bertz CT molecular complexity index is 357. The van der Waals surface area contributed by atoms with Crippen molar-refractivity contribution in [1.82, 2.24) is 4.98 Å². The van der Waals surface area contributed by atoms with E-state index in [1.807, 2.05) is 0 Å².